The number of hydrogen-bond donors (Lipinski definition) is 0. The largest absolute Gasteiger partial charge is 0.497 e. The van der Waals surface area contributed by atoms with E-state index in [1.165, 1.54) is 0 Å². The standard InChI is InChI=1S/C24H26N4O5S/c1-33-18-7-4-6-17(16-18)23(29)26-12-14-27(15-13-26)24(30)20-9-5-11-28(20)22-19-8-2-3-10-21(19)34(31,32)25-22/h2-4,6-8,10,16,20H,5,9,11-15H2,1H3/t20-/m0/s1. The van der Waals surface area contributed by atoms with Crippen molar-refractivity contribution in [3.63, 3.8) is 0 Å². The molecule has 3 heterocycles. The molecule has 0 aromatic heterocycles. The minimum atomic E-state index is -3.75. The molecule has 3 aliphatic heterocycles. The Bertz CT molecular complexity index is 1270. The van der Waals surface area contributed by atoms with Crippen molar-refractivity contribution in [3.05, 3.63) is 59.7 Å². The van der Waals surface area contributed by atoms with E-state index >= 15 is 0 Å². The maximum atomic E-state index is 13.4. The van der Waals surface area contributed by atoms with Gasteiger partial charge in [0.1, 0.15) is 16.7 Å². The molecule has 5 rings (SSSR count). The molecule has 2 saturated heterocycles. The molecule has 0 aliphatic carbocycles. The number of amides is 2. The van der Waals surface area contributed by atoms with Crippen LogP contribution in [0.1, 0.15) is 28.8 Å². The van der Waals surface area contributed by atoms with Crippen LogP contribution in [0.4, 0.5) is 0 Å². The first-order valence-corrected chi connectivity index (χ1v) is 12.8. The quantitative estimate of drug-likeness (QED) is 0.659. The average molecular weight is 483 g/mol. The Morgan fingerprint density at radius 1 is 0.971 bits per heavy atom. The van der Waals surface area contributed by atoms with Gasteiger partial charge in [0, 0.05) is 43.9 Å². The summed E-state index contributed by atoms with van der Waals surface area (Å²) in [4.78, 5) is 31.9. The summed E-state index contributed by atoms with van der Waals surface area (Å²) in [5.41, 5.74) is 1.11. The van der Waals surface area contributed by atoms with Crippen molar-refractivity contribution < 1.29 is 22.7 Å². The number of piperazine rings is 1. The number of methoxy groups -OCH3 is 1. The van der Waals surface area contributed by atoms with Gasteiger partial charge in [-0.3, -0.25) is 9.59 Å². The summed E-state index contributed by atoms with van der Waals surface area (Å²) in [5.74, 6) is 0.851. The molecule has 0 spiro atoms. The number of carbonyl (C=O) groups is 2. The van der Waals surface area contributed by atoms with Crippen LogP contribution in [0.5, 0.6) is 5.75 Å². The Kier molecular flexibility index (Phi) is 5.76. The van der Waals surface area contributed by atoms with Crippen molar-refractivity contribution in [2.75, 3.05) is 39.8 Å². The SMILES string of the molecule is COc1cccc(C(=O)N2CCN(C(=O)[C@@H]3CCCN3C3=NS(=O)(=O)c4ccccc43)CC2)c1. The number of carbonyl (C=O) groups excluding carboxylic acids is 2. The van der Waals surface area contributed by atoms with Crippen LogP contribution < -0.4 is 4.74 Å². The number of amidine groups is 1. The zero-order valence-electron chi connectivity index (χ0n) is 18.9. The van der Waals surface area contributed by atoms with Crippen molar-refractivity contribution in [2.24, 2.45) is 4.40 Å². The summed E-state index contributed by atoms with van der Waals surface area (Å²) in [6.07, 6.45) is 1.43. The Hall–Kier alpha value is -3.40. The van der Waals surface area contributed by atoms with Gasteiger partial charge in [-0.1, -0.05) is 18.2 Å². The van der Waals surface area contributed by atoms with E-state index in [0.717, 1.165) is 6.42 Å². The van der Waals surface area contributed by atoms with E-state index in [1.807, 2.05) is 4.90 Å². The van der Waals surface area contributed by atoms with Crippen LogP contribution in [0, 0.1) is 0 Å². The number of ether oxygens (including phenoxy) is 1. The zero-order valence-corrected chi connectivity index (χ0v) is 19.7. The van der Waals surface area contributed by atoms with E-state index in [1.54, 1.807) is 65.4 Å². The lowest BCUT2D eigenvalue weighted by Crippen LogP contribution is -2.55. The third kappa shape index (κ3) is 3.91. The first-order chi connectivity index (χ1) is 16.4. The highest BCUT2D eigenvalue weighted by Gasteiger charge is 2.41. The summed E-state index contributed by atoms with van der Waals surface area (Å²) in [6.45, 7) is 2.31. The maximum absolute atomic E-state index is 13.4. The summed E-state index contributed by atoms with van der Waals surface area (Å²) < 4.78 is 34.2. The van der Waals surface area contributed by atoms with E-state index in [0.29, 0.717) is 61.9 Å². The number of fused-ring (bicyclic) bond motifs is 1. The Labute approximate surface area is 198 Å². The van der Waals surface area contributed by atoms with Gasteiger partial charge >= 0.3 is 0 Å². The van der Waals surface area contributed by atoms with Gasteiger partial charge in [0.2, 0.25) is 5.91 Å². The molecule has 178 valence electrons. The molecule has 0 bridgehead atoms. The third-order valence-electron chi connectivity index (χ3n) is 6.62. The molecule has 0 radical (unpaired) electrons. The van der Waals surface area contributed by atoms with Crippen molar-refractivity contribution in [3.8, 4) is 5.75 Å². The van der Waals surface area contributed by atoms with E-state index in [9.17, 15) is 18.0 Å². The second-order valence-electron chi connectivity index (χ2n) is 8.59. The second-order valence-corrected chi connectivity index (χ2v) is 10.2. The molecular formula is C24H26N4O5S. The number of rotatable bonds is 3. The molecule has 2 fully saturated rings. The second kappa shape index (κ2) is 8.75. The first kappa shape index (κ1) is 22.4. The van der Waals surface area contributed by atoms with Crippen LogP contribution in [-0.4, -0.2) is 86.6 Å². The normalized spacial score (nSPS) is 21.3. The zero-order chi connectivity index (χ0) is 23.9. The molecule has 34 heavy (non-hydrogen) atoms. The van der Waals surface area contributed by atoms with Gasteiger partial charge in [-0.05, 0) is 43.2 Å². The predicted molar refractivity (Wildman–Crippen MR) is 125 cm³/mol. The molecule has 0 unspecified atom stereocenters. The molecule has 1 atom stereocenters. The number of likely N-dealkylation sites (tertiary alicyclic amines) is 1. The molecule has 9 nitrogen and oxygen atoms in total. The molecule has 2 aromatic carbocycles. The van der Waals surface area contributed by atoms with Crippen LogP contribution in [0.25, 0.3) is 0 Å². The molecule has 3 aliphatic rings. The number of hydrogen-bond acceptors (Lipinski definition) is 6. The topological polar surface area (TPSA) is 99.6 Å². The molecular weight excluding hydrogens is 456 g/mol. The van der Waals surface area contributed by atoms with Crippen LogP contribution >= 0.6 is 0 Å². The summed E-state index contributed by atoms with van der Waals surface area (Å²) in [7, 11) is -2.19. The number of benzene rings is 2. The van der Waals surface area contributed by atoms with Gasteiger partial charge in [-0.15, -0.1) is 4.40 Å². The Morgan fingerprint density at radius 3 is 2.47 bits per heavy atom. The number of sulfonamides is 1. The van der Waals surface area contributed by atoms with Gasteiger partial charge in [0.15, 0.2) is 5.84 Å². The smallest absolute Gasteiger partial charge is 0.285 e. The lowest BCUT2D eigenvalue weighted by Gasteiger charge is -2.37. The lowest BCUT2D eigenvalue weighted by molar-refractivity contribution is -0.136. The third-order valence-corrected chi connectivity index (χ3v) is 7.94. The number of nitrogens with zero attached hydrogens (tertiary/aromatic N) is 4. The highest BCUT2D eigenvalue weighted by Crippen LogP contribution is 2.31. The highest BCUT2D eigenvalue weighted by atomic mass is 32.2. The first-order valence-electron chi connectivity index (χ1n) is 11.3. The van der Waals surface area contributed by atoms with Crippen LogP contribution in [0.15, 0.2) is 57.8 Å². The minimum Gasteiger partial charge on any atom is -0.497 e. The van der Waals surface area contributed by atoms with Gasteiger partial charge in [-0.2, -0.15) is 8.42 Å². The van der Waals surface area contributed by atoms with E-state index in [2.05, 4.69) is 4.40 Å². The molecule has 2 amide bonds. The highest BCUT2D eigenvalue weighted by molar-refractivity contribution is 7.90. The predicted octanol–water partition coefficient (Wildman–Crippen LogP) is 1.59. The average Bonchev–Trinajstić information content (AvgIpc) is 3.46. The fourth-order valence-corrected chi connectivity index (χ4v) is 6.07. The summed E-state index contributed by atoms with van der Waals surface area (Å²) in [6, 6.07) is 13.3. The molecule has 0 saturated carbocycles. The van der Waals surface area contributed by atoms with Crippen molar-refractivity contribution in [1.29, 1.82) is 0 Å². The van der Waals surface area contributed by atoms with Crippen LogP contribution in [0.3, 0.4) is 0 Å². The van der Waals surface area contributed by atoms with Crippen molar-refractivity contribution in [1.82, 2.24) is 14.7 Å². The van der Waals surface area contributed by atoms with Crippen molar-refractivity contribution >= 4 is 27.7 Å². The lowest BCUT2D eigenvalue weighted by atomic mass is 10.1. The van der Waals surface area contributed by atoms with Gasteiger partial charge in [0.05, 0.1) is 7.11 Å². The van der Waals surface area contributed by atoms with Gasteiger partial charge in [-0.25, -0.2) is 0 Å². The monoisotopic (exact) mass is 482 g/mol. The molecule has 10 heteroatoms. The van der Waals surface area contributed by atoms with Crippen molar-refractivity contribution in [2.45, 2.75) is 23.8 Å². The Balaban J connectivity index is 1.27. The van der Waals surface area contributed by atoms with Crippen LogP contribution in [0.2, 0.25) is 0 Å². The van der Waals surface area contributed by atoms with Gasteiger partial charge in [0.25, 0.3) is 15.9 Å². The fourth-order valence-electron chi connectivity index (χ4n) is 4.85. The van der Waals surface area contributed by atoms with E-state index in [4.69, 9.17) is 4.74 Å². The molecule has 0 N–H and O–H groups in total. The van der Waals surface area contributed by atoms with Gasteiger partial charge < -0.3 is 19.4 Å². The Morgan fingerprint density at radius 2 is 1.71 bits per heavy atom. The van der Waals surface area contributed by atoms with E-state index in [-0.39, 0.29) is 16.7 Å². The van der Waals surface area contributed by atoms with E-state index < -0.39 is 16.1 Å². The van der Waals surface area contributed by atoms with Crippen LogP contribution in [-0.2, 0) is 14.8 Å². The fraction of sp³-hybridized carbons (Fsp3) is 0.375. The summed E-state index contributed by atoms with van der Waals surface area (Å²) >= 11 is 0. The molecule has 2 aromatic rings. The maximum Gasteiger partial charge on any atom is 0.285 e. The summed E-state index contributed by atoms with van der Waals surface area (Å²) in [5, 5.41) is 0. The minimum absolute atomic E-state index is 0.0459.